The van der Waals surface area contributed by atoms with Crippen LogP contribution in [-0.2, 0) is 14.3 Å². The minimum Gasteiger partial charge on any atom is -0.347 e. The molecule has 1 atom stereocenters. The number of hydrogen-bond acceptors (Lipinski definition) is 3. The Kier molecular flexibility index (Phi) is 1.82. The normalized spacial score (nSPS) is 35.3. The van der Waals surface area contributed by atoms with Gasteiger partial charge >= 0.3 is 0 Å². The molecule has 1 spiro atoms. The van der Waals surface area contributed by atoms with Crippen molar-refractivity contribution in [2.75, 3.05) is 19.8 Å². The quantitative estimate of drug-likeness (QED) is 0.568. The van der Waals surface area contributed by atoms with Gasteiger partial charge in [0.25, 0.3) is 0 Å². The molecule has 3 saturated heterocycles. The van der Waals surface area contributed by atoms with Crippen molar-refractivity contribution < 1.29 is 14.3 Å². The molecule has 1 unspecified atom stereocenters. The largest absolute Gasteiger partial charge is 0.347 e. The van der Waals surface area contributed by atoms with Crippen LogP contribution in [0.5, 0.6) is 0 Å². The lowest BCUT2D eigenvalue weighted by molar-refractivity contribution is -0.194. The molecule has 3 aliphatic heterocycles. The third-order valence-electron chi connectivity index (χ3n) is 3.55. The van der Waals surface area contributed by atoms with E-state index in [1.54, 1.807) is 0 Å². The molecule has 0 aromatic rings. The summed E-state index contributed by atoms with van der Waals surface area (Å²) in [5.41, 5.74) is 0. The molecule has 14 heavy (non-hydrogen) atoms. The summed E-state index contributed by atoms with van der Waals surface area (Å²) in [4.78, 5) is 13.5. The summed E-state index contributed by atoms with van der Waals surface area (Å²) in [5, 5.41) is 0. The number of carbonyl (C=O) groups excluding carboxylic acids is 1. The van der Waals surface area contributed by atoms with E-state index in [1.807, 2.05) is 4.90 Å². The second kappa shape index (κ2) is 2.94. The highest BCUT2D eigenvalue weighted by Gasteiger charge is 2.47. The van der Waals surface area contributed by atoms with Gasteiger partial charge in [-0.25, -0.2) is 0 Å². The maximum atomic E-state index is 11.5. The lowest BCUT2D eigenvalue weighted by Gasteiger charge is -2.40. The topological polar surface area (TPSA) is 38.8 Å². The van der Waals surface area contributed by atoms with E-state index in [2.05, 4.69) is 0 Å². The van der Waals surface area contributed by atoms with Crippen molar-refractivity contribution in [1.29, 1.82) is 0 Å². The third-order valence-corrected chi connectivity index (χ3v) is 3.55. The average molecular weight is 197 g/mol. The van der Waals surface area contributed by atoms with Crippen LogP contribution in [0, 0.1) is 0 Å². The lowest BCUT2D eigenvalue weighted by Crippen LogP contribution is -2.49. The summed E-state index contributed by atoms with van der Waals surface area (Å²) in [5.74, 6) is -0.0333. The Morgan fingerprint density at radius 3 is 2.93 bits per heavy atom. The Labute approximate surface area is 83.2 Å². The van der Waals surface area contributed by atoms with Gasteiger partial charge in [0, 0.05) is 31.8 Å². The second-order valence-electron chi connectivity index (χ2n) is 4.34. The zero-order valence-electron chi connectivity index (χ0n) is 8.20. The van der Waals surface area contributed by atoms with Crippen molar-refractivity contribution in [3.8, 4) is 0 Å². The van der Waals surface area contributed by atoms with Crippen molar-refractivity contribution >= 4 is 5.91 Å². The Balaban J connectivity index is 1.76. The number of piperidine rings is 1. The molecular weight excluding hydrogens is 182 g/mol. The van der Waals surface area contributed by atoms with Gasteiger partial charge in [-0.3, -0.25) is 4.79 Å². The summed E-state index contributed by atoms with van der Waals surface area (Å²) in [7, 11) is 0. The van der Waals surface area contributed by atoms with E-state index in [0.717, 1.165) is 25.8 Å². The van der Waals surface area contributed by atoms with E-state index in [0.29, 0.717) is 31.6 Å². The molecule has 0 N–H and O–H groups in total. The first-order chi connectivity index (χ1) is 6.79. The zero-order valence-corrected chi connectivity index (χ0v) is 8.20. The Morgan fingerprint density at radius 2 is 2.14 bits per heavy atom. The van der Waals surface area contributed by atoms with Gasteiger partial charge in [0.2, 0.25) is 5.91 Å². The van der Waals surface area contributed by atoms with Gasteiger partial charge in [-0.15, -0.1) is 0 Å². The third kappa shape index (κ3) is 1.17. The molecule has 0 radical (unpaired) electrons. The predicted octanol–water partition coefficient (Wildman–Crippen LogP) is 0.514. The number of ether oxygens (including phenoxy) is 2. The van der Waals surface area contributed by atoms with Crippen LogP contribution >= 0.6 is 0 Å². The highest BCUT2D eigenvalue weighted by Crippen LogP contribution is 2.38. The monoisotopic (exact) mass is 197 g/mol. The maximum Gasteiger partial charge on any atom is 0.222 e. The smallest absolute Gasteiger partial charge is 0.222 e. The van der Waals surface area contributed by atoms with Crippen molar-refractivity contribution in [1.82, 2.24) is 4.90 Å². The van der Waals surface area contributed by atoms with Crippen molar-refractivity contribution in [3.05, 3.63) is 0 Å². The van der Waals surface area contributed by atoms with E-state index in [9.17, 15) is 4.79 Å². The fraction of sp³-hybridized carbons (Fsp3) is 0.900. The first-order valence-corrected chi connectivity index (χ1v) is 5.36. The van der Waals surface area contributed by atoms with Crippen molar-refractivity contribution in [2.45, 2.75) is 37.5 Å². The number of hydrogen-bond donors (Lipinski definition) is 0. The Morgan fingerprint density at radius 1 is 1.36 bits per heavy atom. The molecule has 4 nitrogen and oxygen atoms in total. The fourth-order valence-corrected chi connectivity index (χ4v) is 2.82. The number of amides is 1. The van der Waals surface area contributed by atoms with Gasteiger partial charge in [0.1, 0.15) is 0 Å². The molecule has 3 heterocycles. The van der Waals surface area contributed by atoms with Crippen LogP contribution in [0.15, 0.2) is 0 Å². The van der Waals surface area contributed by atoms with Gasteiger partial charge in [-0.1, -0.05) is 0 Å². The first kappa shape index (κ1) is 8.68. The molecule has 4 heteroatoms. The lowest BCUT2D eigenvalue weighted by atomic mass is 9.96. The molecule has 0 bridgehead atoms. The molecule has 3 aliphatic rings. The molecule has 3 rings (SSSR count). The van der Waals surface area contributed by atoms with Gasteiger partial charge in [-0.05, 0) is 6.42 Å². The molecule has 78 valence electrons. The Bertz CT molecular complexity index is 260. The Hall–Kier alpha value is -0.610. The van der Waals surface area contributed by atoms with Crippen LogP contribution in [-0.4, -0.2) is 42.4 Å². The summed E-state index contributed by atoms with van der Waals surface area (Å²) in [6.07, 6.45) is 3.40. The number of nitrogens with zero attached hydrogens (tertiary/aromatic N) is 1. The van der Waals surface area contributed by atoms with Gasteiger partial charge in [0.05, 0.1) is 13.2 Å². The molecule has 0 saturated carbocycles. The van der Waals surface area contributed by atoms with Crippen LogP contribution in [0.1, 0.15) is 25.7 Å². The van der Waals surface area contributed by atoms with E-state index in [1.165, 1.54) is 0 Å². The number of fused-ring (bicyclic) bond motifs is 1. The van der Waals surface area contributed by atoms with E-state index >= 15 is 0 Å². The van der Waals surface area contributed by atoms with Crippen LogP contribution in [0.2, 0.25) is 0 Å². The summed E-state index contributed by atoms with van der Waals surface area (Å²) in [6, 6.07) is 0.370. The SMILES string of the molecule is O=C1CCC2CC3(CCN12)OCCO3. The van der Waals surface area contributed by atoms with E-state index in [4.69, 9.17) is 9.47 Å². The second-order valence-corrected chi connectivity index (χ2v) is 4.34. The molecule has 0 aliphatic carbocycles. The van der Waals surface area contributed by atoms with Crippen LogP contribution in [0.25, 0.3) is 0 Å². The molecule has 1 amide bonds. The van der Waals surface area contributed by atoms with E-state index in [-0.39, 0.29) is 5.79 Å². The van der Waals surface area contributed by atoms with E-state index < -0.39 is 0 Å². The summed E-state index contributed by atoms with van der Waals surface area (Å²) < 4.78 is 11.3. The predicted molar refractivity (Wildman–Crippen MR) is 48.6 cm³/mol. The molecule has 3 fully saturated rings. The summed E-state index contributed by atoms with van der Waals surface area (Å²) >= 11 is 0. The van der Waals surface area contributed by atoms with Gasteiger partial charge in [-0.2, -0.15) is 0 Å². The average Bonchev–Trinajstić information content (AvgIpc) is 2.76. The van der Waals surface area contributed by atoms with Gasteiger partial charge in [0.15, 0.2) is 5.79 Å². The first-order valence-electron chi connectivity index (χ1n) is 5.36. The van der Waals surface area contributed by atoms with Gasteiger partial charge < -0.3 is 14.4 Å². The van der Waals surface area contributed by atoms with Crippen LogP contribution in [0.3, 0.4) is 0 Å². The van der Waals surface area contributed by atoms with Crippen LogP contribution < -0.4 is 0 Å². The summed E-state index contributed by atoms with van der Waals surface area (Å²) in [6.45, 7) is 2.23. The van der Waals surface area contributed by atoms with Crippen molar-refractivity contribution in [2.24, 2.45) is 0 Å². The minimum atomic E-state index is -0.341. The highest BCUT2D eigenvalue weighted by atomic mass is 16.7. The number of carbonyl (C=O) groups is 1. The minimum absolute atomic E-state index is 0.308. The number of rotatable bonds is 0. The van der Waals surface area contributed by atoms with Crippen LogP contribution in [0.4, 0.5) is 0 Å². The zero-order chi connectivity index (χ0) is 9.60. The van der Waals surface area contributed by atoms with Crippen molar-refractivity contribution in [3.63, 3.8) is 0 Å². The molecule has 0 aromatic heterocycles. The maximum absolute atomic E-state index is 11.5. The highest BCUT2D eigenvalue weighted by molar-refractivity contribution is 5.78. The standard InChI is InChI=1S/C10H15NO3/c12-9-2-1-8-7-10(3-4-11(8)9)13-5-6-14-10/h8H,1-7H2. The fourth-order valence-electron chi connectivity index (χ4n) is 2.82. The molecule has 0 aromatic carbocycles. The molecular formula is C10H15NO3.